The number of amides is 1. The number of carbonyl (C=O) groups is 1. The Morgan fingerprint density at radius 1 is 1.13 bits per heavy atom. The molecule has 0 radical (unpaired) electrons. The standard InChI is InChI=1S/C16H34N2O3.C2H6/c1-12(17-15(20)21-16(4,5)6)8-9-13(2)18(7)11-10-14(3)19;1-2/h12-14,19H,8-11H2,1-7H3,(H,17,20);1-2H3. The van der Waals surface area contributed by atoms with Gasteiger partial charge in [-0.1, -0.05) is 13.8 Å². The molecule has 0 spiro atoms. The molecule has 0 aromatic carbocycles. The maximum Gasteiger partial charge on any atom is 0.407 e. The Kier molecular flexibility index (Phi) is 13.4. The summed E-state index contributed by atoms with van der Waals surface area (Å²) in [6.07, 6.45) is 2.07. The number of hydrogen-bond donors (Lipinski definition) is 2. The lowest BCUT2D eigenvalue weighted by Crippen LogP contribution is -2.39. The van der Waals surface area contributed by atoms with Crippen molar-refractivity contribution in [1.29, 1.82) is 0 Å². The monoisotopic (exact) mass is 332 g/mol. The predicted molar refractivity (Wildman–Crippen MR) is 97.8 cm³/mol. The fraction of sp³-hybridized carbons (Fsp3) is 0.944. The molecule has 0 aliphatic carbocycles. The van der Waals surface area contributed by atoms with E-state index >= 15 is 0 Å². The van der Waals surface area contributed by atoms with Crippen LogP contribution in [0.5, 0.6) is 0 Å². The van der Waals surface area contributed by atoms with Gasteiger partial charge in [-0.2, -0.15) is 0 Å². The van der Waals surface area contributed by atoms with Gasteiger partial charge in [0.1, 0.15) is 5.60 Å². The molecular weight excluding hydrogens is 292 g/mol. The summed E-state index contributed by atoms with van der Waals surface area (Å²) >= 11 is 0. The van der Waals surface area contributed by atoms with Crippen LogP contribution < -0.4 is 5.32 Å². The molecule has 0 rings (SSSR count). The highest BCUT2D eigenvalue weighted by atomic mass is 16.6. The number of rotatable bonds is 8. The molecule has 23 heavy (non-hydrogen) atoms. The average Bonchev–Trinajstić information content (AvgIpc) is 2.42. The summed E-state index contributed by atoms with van der Waals surface area (Å²) in [5, 5.41) is 12.2. The van der Waals surface area contributed by atoms with E-state index in [2.05, 4.69) is 24.2 Å². The van der Waals surface area contributed by atoms with Crippen LogP contribution in [0.4, 0.5) is 4.79 Å². The van der Waals surface area contributed by atoms with Gasteiger partial charge in [-0.25, -0.2) is 4.79 Å². The summed E-state index contributed by atoms with van der Waals surface area (Å²) in [5.41, 5.74) is -0.460. The quantitative estimate of drug-likeness (QED) is 0.710. The minimum Gasteiger partial charge on any atom is -0.444 e. The van der Waals surface area contributed by atoms with E-state index in [4.69, 9.17) is 4.74 Å². The van der Waals surface area contributed by atoms with Crippen molar-refractivity contribution in [3.05, 3.63) is 0 Å². The van der Waals surface area contributed by atoms with Crippen LogP contribution >= 0.6 is 0 Å². The third-order valence-electron chi connectivity index (χ3n) is 3.43. The number of nitrogens with one attached hydrogen (secondary N) is 1. The van der Waals surface area contributed by atoms with Crippen molar-refractivity contribution in [3.8, 4) is 0 Å². The van der Waals surface area contributed by atoms with Crippen molar-refractivity contribution in [2.75, 3.05) is 13.6 Å². The molecule has 0 aliphatic rings. The minimum absolute atomic E-state index is 0.0902. The van der Waals surface area contributed by atoms with Gasteiger partial charge in [0.2, 0.25) is 0 Å². The SMILES string of the molecule is CC.CC(O)CCN(C)C(C)CCC(C)NC(=O)OC(C)(C)C. The highest BCUT2D eigenvalue weighted by Crippen LogP contribution is 2.10. The summed E-state index contributed by atoms with van der Waals surface area (Å²) in [6, 6.07) is 0.513. The van der Waals surface area contributed by atoms with Crippen LogP contribution in [0.1, 0.15) is 74.7 Å². The van der Waals surface area contributed by atoms with E-state index in [1.165, 1.54) is 0 Å². The van der Waals surface area contributed by atoms with Gasteiger partial charge in [0.15, 0.2) is 0 Å². The molecule has 3 atom stereocenters. The van der Waals surface area contributed by atoms with Crippen LogP contribution in [0.25, 0.3) is 0 Å². The van der Waals surface area contributed by atoms with E-state index in [0.717, 1.165) is 25.8 Å². The molecule has 5 nitrogen and oxygen atoms in total. The maximum atomic E-state index is 11.7. The van der Waals surface area contributed by atoms with Gasteiger partial charge < -0.3 is 20.1 Å². The van der Waals surface area contributed by atoms with Crippen LogP contribution in [0.15, 0.2) is 0 Å². The molecule has 5 heteroatoms. The van der Waals surface area contributed by atoms with Crippen LogP contribution in [-0.2, 0) is 4.74 Å². The largest absolute Gasteiger partial charge is 0.444 e. The van der Waals surface area contributed by atoms with Gasteiger partial charge in [-0.3, -0.25) is 0 Å². The van der Waals surface area contributed by atoms with E-state index in [1.807, 2.05) is 48.5 Å². The Bertz CT molecular complexity index is 301. The average molecular weight is 333 g/mol. The molecule has 2 N–H and O–H groups in total. The molecule has 0 aromatic rings. The molecule has 0 aliphatic heterocycles. The molecular formula is C18H40N2O3. The minimum atomic E-state index is -0.460. The number of aliphatic hydroxyl groups excluding tert-OH is 1. The fourth-order valence-corrected chi connectivity index (χ4v) is 1.90. The van der Waals surface area contributed by atoms with Crippen molar-refractivity contribution in [2.45, 2.75) is 98.4 Å². The first-order valence-corrected chi connectivity index (χ1v) is 8.89. The van der Waals surface area contributed by atoms with Gasteiger partial charge in [0.05, 0.1) is 6.10 Å². The molecule has 140 valence electrons. The molecule has 0 bridgehead atoms. The first-order chi connectivity index (χ1) is 10.5. The Balaban J connectivity index is 0. The smallest absolute Gasteiger partial charge is 0.407 e. The van der Waals surface area contributed by atoms with E-state index < -0.39 is 5.60 Å². The zero-order valence-electron chi connectivity index (χ0n) is 16.8. The molecule has 1 amide bonds. The third-order valence-corrected chi connectivity index (χ3v) is 3.43. The zero-order valence-corrected chi connectivity index (χ0v) is 16.8. The Labute approximate surface area is 143 Å². The number of hydrogen-bond acceptors (Lipinski definition) is 4. The van der Waals surface area contributed by atoms with Crippen LogP contribution in [0.3, 0.4) is 0 Å². The highest BCUT2D eigenvalue weighted by Gasteiger charge is 2.18. The normalized spacial score (nSPS) is 15.3. The second kappa shape index (κ2) is 12.6. The maximum absolute atomic E-state index is 11.7. The predicted octanol–water partition coefficient (Wildman–Crippen LogP) is 3.80. The summed E-state index contributed by atoms with van der Waals surface area (Å²) in [6.45, 7) is 16.4. The molecule has 0 aromatic heterocycles. The second-order valence-electron chi connectivity index (χ2n) is 7.09. The number of ether oxygens (including phenoxy) is 1. The van der Waals surface area contributed by atoms with Crippen molar-refractivity contribution < 1.29 is 14.6 Å². The zero-order chi connectivity index (χ0) is 18.6. The van der Waals surface area contributed by atoms with E-state index in [9.17, 15) is 9.90 Å². The topological polar surface area (TPSA) is 61.8 Å². The van der Waals surface area contributed by atoms with Crippen LogP contribution in [0, 0.1) is 0 Å². The third kappa shape index (κ3) is 15.8. The molecule has 0 saturated carbocycles. The number of aliphatic hydroxyl groups is 1. The van der Waals surface area contributed by atoms with E-state index in [1.54, 1.807) is 0 Å². The van der Waals surface area contributed by atoms with E-state index in [0.29, 0.717) is 6.04 Å². The van der Waals surface area contributed by atoms with Crippen molar-refractivity contribution in [3.63, 3.8) is 0 Å². The van der Waals surface area contributed by atoms with Gasteiger partial charge in [0, 0.05) is 18.6 Å². The molecule has 0 heterocycles. The number of nitrogens with zero attached hydrogens (tertiary/aromatic N) is 1. The van der Waals surface area contributed by atoms with Gasteiger partial charge in [0.25, 0.3) is 0 Å². The van der Waals surface area contributed by atoms with Gasteiger partial charge >= 0.3 is 6.09 Å². The summed E-state index contributed by atoms with van der Waals surface area (Å²) in [5.74, 6) is 0. The first-order valence-electron chi connectivity index (χ1n) is 8.89. The lowest BCUT2D eigenvalue weighted by Gasteiger charge is -2.27. The first kappa shape index (κ1) is 24.4. The second-order valence-corrected chi connectivity index (χ2v) is 7.09. The van der Waals surface area contributed by atoms with Crippen molar-refractivity contribution in [1.82, 2.24) is 10.2 Å². The lowest BCUT2D eigenvalue weighted by atomic mass is 10.1. The summed E-state index contributed by atoms with van der Waals surface area (Å²) < 4.78 is 5.24. The Morgan fingerprint density at radius 3 is 2.09 bits per heavy atom. The lowest BCUT2D eigenvalue weighted by molar-refractivity contribution is 0.0503. The van der Waals surface area contributed by atoms with Crippen molar-refractivity contribution >= 4 is 6.09 Å². The fourth-order valence-electron chi connectivity index (χ4n) is 1.90. The molecule has 0 fully saturated rings. The Morgan fingerprint density at radius 2 is 1.65 bits per heavy atom. The number of carbonyl (C=O) groups excluding carboxylic acids is 1. The summed E-state index contributed by atoms with van der Waals surface area (Å²) in [4.78, 5) is 13.9. The number of alkyl carbamates (subject to hydrolysis) is 1. The molecule has 3 unspecified atom stereocenters. The summed E-state index contributed by atoms with van der Waals surface area (Å²) in [7, 11) is 2.07. The van der Waals surface area contributed by atoms with Gasteiger partial charge in [-0.15, -0.1) is 0 Å². The molecule has 0 saturated heterocycles. The van der Waals surface area contributed by atoms with Gasteiger partial charge in [-0.05, 0) is 67.9 Å². The van der Waals surface area contributed by atoms with E-state index in [-0.39, 0.29) is 18.2 Å². The van der Waals surface area contributed by atoms with Crippen LogP contribution in [0.2, 0.25) is 0 Å². The van der Waals surface area contributed by atoms with Crippen molar-refractivity contribution in [2.24, 2.45) is 0 Å². The van der Waals surface area contributed by atoms with Crippen LogP contribution in [-0.4, -0.2) is 53.5 Å². The highest BCUT2D eigenvalue weighted by molar-refractivity contribution is 5.67. The Hall–Kier alpha value is -0.810.